The fraction of sp³-hybridized carbons (Fsp3) is 0.154. The normalized spacial score (nSPS) is 11.2. The summed E-state index contributed by atoms with van der Waals surface area (Å²) >= 11 is 1.31. The molecular formula is C13H13NO4S2. The first-order valence-corrected chi connectivity index (χ1v) is 8.08. The molecule has 0 atom stereocenters. The van der Waals surface area contributed by atoms with Crippen LogP contribution < -0.4 is 0 Å². The Labute approximate surface area is 121 Å². The lowest BCUT2D eigenvalue weighted by Gasteiger charge is -2.18. The van der Waals surface area contributed by atoms with Crippen molar-refractivity contribution in [2.45, 2.75) is 18.4 Å². The number of carboxylic acid groups (broad SMARTS) is 1. The van der Waals surface area contributed by atoms with E-state index in [1.807, 2.05) is 6.92 Å². The summed E-state index contributed by atoms with van der Waals surface area (Å²) in [4.78, 5) is 11.9. The van der Waals surface area contributed by atoms with Gasteiger partial charge in [-0.1, -0.05) is 23.8 Å². The quantitative estimate of drug-likeness (QED) is 0.942. The minimum absolute atomic E-state index is 0.0259. The van der Waals surface area contributed by atoms with Crippen molar-refractivity contribution < 1.29 is 18.3 Å². The monoisotopic (exact) mass is 311 g/mol. The van der Waals surface area contributed by atoms with Crippen molar-refractivity contribution in [3.63, 3.8) is 0 Å². The molecule has 0 saturated heterocycles. The third kappa shape index (κ3) is 3.00. The molecule has 20 heavy (non-hydrogen) atoms. The van der Waals surface area contributed by atoms with Gasteiger partial charge < -0.3 is 5.11 Å². The molecule has 0 aliphatic carbocycles. The molecule has 1 aromatic carbocycles. The number of amides is 1. The molecule has 1 aromatic heterocycles. The Morgan fingerprint density at radius 1 is 1.25 bits per heavy atom. The smallest absolute Gasteiger partial charge is 0.421 e. The lowest BCUT2D eigenvalue weighted by atomic mass is 10.2. The number of aryl methyl sites for hydroxylation is 1. The summed E-state index contributed by atoms with van der Waals surface area (Å²) in [6, 6.07) is 9.55. The highest BCUT2D eigenvalue weighted by molar-refractivity contribution is 7.89. The average Bonchev–Trinajstić information content (AvgIpc) is 2.89. The fourth-order valence-electron chi connectivity index (χ4n) is 1.64. The van der Waals surface area contributed by atoms with E-state index >= 15 is 0 Å². The van der Waals surface area contributed by atoms with E-state index in [-0.39, 0.29) is 11.4 Å². The number of hydrogen-bond acceptors (Lipinski definition) is 4. The highest BCUT2D eigenvalue weighted by Crippen LogP contribution is 2.21. The van der Waals surface area contributed by atoms with E-state index in [1.54, 1.807) is 29.6 Å². The largest absolute Gasteiger partial charge is 0.464 e. The lowest BCUT2D eigenvalue weighted by Crippen LogP contribution is -2.34. The molecule has 1 heterocycles. The summed E-state index contributed by atoms with van der Waals surface area (Å²) in [5.74, 6) is 0. The average molecular weight is 311 g/mol. The number of hydrogen-bond donors (Lipinski definition) is 1. The Bertz CT molecular complexity index is 690. The molecule has 1 N–H and O–H groups in total. The lowest BCUT2D eigenvalue weighted by molar-refractivity contribution is 0.171. The van der Waals surface area contributed by atoms with Gasteiger partial charge in [0.1, 0.15) is 0 Å². The van der Waals surface area contributed by atoms with Gasteiger partial charge in [0.05, 0.1) is 11.4 Å². The molecular weight excluding hydrogens is 298 g/mol. The Balaban J connectivity index is 2.37. The summed E-state index contributed by atoms with van der Waals surface area (Å²) in [5.41, 5.74) is 0.907. The Morgan fingerprint density at radius 3 is 2.40 bits per heavy atom. The predicted octanol–water partition coefficient (Wildman–Crippen LogP) is 2.93. The van der Waals surface area contributed by atoms with Crippen LogP contribution >= 0.6 is 11.3 Å². The Morgan fingerprint density at radius 2 is 1.90 bits per heavy atom. The standard InChI is InChI=1S/C13H13NO4S2/c1-10-4-6-12(7-5-10)20(17,18)14(13(15)16)9-11-3-2-8-19-11/h2-8H,9H2,1H3,(H,15,16). The van der Waals surface area contributed by atoms with Crippen molar-refractivity contribution in [3.05, 3.63) is 52.2 Å². The van der Waals surface area contributed by atoms with E-state index < -0.39 is 16.1 Å². The maximum absolute atomic E-state index is 12.4. The van der Waals surface area contributed by atoms with Crippen LogP contribution in [0.5, 0.6) is 0 Å². The molecule has 0 bridgehead atoms. The summed E-state index contributed by atoms with van der Waals surface area (Å²) in [7, 11) is -4.05. The minimum atomic E-state index is -4.05. The van der Waals surface area contributed by atoms with Crippen LogP contribution in [0.3, 0.4) is 0 Å². The Hall–Kier alpha value is -1.86. The molecule has 5 nitrogen and oxygen atoms in total. The van der Waals surface area contributed by atoms with Crippen molar-refractivity contribution in [1.29, 1.82) is 0 Å². The number of rotatable bonds is 4. The van der Waals surface area contributed by atoms with Crippen LogP contribution in [0.2, 0.25) is 0 Å². The van der Waals surface area contributed by atoms with Crippen LogP contribution in [0.25, 0.3) is 0 Å². The molecule has 2 rings (SSSR count). The van der Waals surface area contributed by atoms with Gasteiger partial charge in [-0.25, -0.2) is 13.2 Å². The molecule has 0 spiro atoms. The van der Waals surface area contributed by atoms with Gasteiger partial charge in [-0.05, 0) is 30.5 Å². The van der Waals surface area contributed by atoms with Gasteiger partial charge in [-0.15, -0.1) is 11.3 Å². The van der Waals surface area contributed by atoms with Crippen molar-refractivity contribution in [3.8, 4) is 0 Å². The van der Waals surface area contributed by atoms with Crippen molar-refractivity contribution in [2.75, 3.05) is 0 Å². The second-order valence-corrected chi connectivity index (χ2v) is 7.08. The molecule has 2 aromatic rings. The highest BCUT2D eigenvalue weighted by Gasteiger charge is 2.29. The van der Waals surface area contributed by atoms with Crippen molar-refractivity contribution in [1.82, 2.24) is 4.31 Å². The second kappa shape index (κ2) is 5.64. The zero-order chi connectivity index (χ0) is 14.8. The van der Waals surface area contributed by atoms with Gasteiger partial charge in [-0.2, -0.15) is 4.31 Å². The van der Waals surface area contributed by atoms with Crippen LogP contribution in [0.15, 0.2) is 46.7 Å². The first-order chi connectivity index (χ1) is 9.41. The van der Waals surface area contributed by atoms with Gasteiger partial charge in [-0.3, -0.25) is 0 Å². The van der Waals surface area contributed by atoms with Gasteiger partial charge in [0.2, 0.25) is 0 Å². The number of carbonyl (C=O) groups is 1. The fourth-order valence-corrected chi connectivity index (χ4v) is 3.66. The molecule has 0 radical (unpaired) electrons. The first kappa shape index (κ1) is 14.5. The summed E-state index contributed by atoms with van der Waals surface area (Å²) in [6.07, 6.45) is -1.49. The van der Waals surface area contributed by atoms with Gasteiger partial charge >= 0.3 is 6.09 Å². The van der Waals surface area contributed by atoms with Crippen molar-refractivity contribution >= 4 is 27.5 Å². The summed E-state index contributed by atoms with van der Waals surface area (Å²) < 4.78 is 25.2. The summed E-state index contributed by atoms with van der Waals surface area (Å²) in [5, 5.41) is 10.9. The van der Waals surface area contributed by atoms with Crippen molar-refractivity contribution in [2.24, 2.45) is 0 Å². The van der Waals surface area contributed by atoms with E-state index in [2.05, 4.69) is 0 Å². The topological polar surface area (TPSA) is 74.7 Å². The molecule has 0 fully saturated rings. The Kier molecular flexibility index (Phi) is 4.10. The zero-order valence-corrected chi connectivity index (χ0v) is 12.3. The summed E-state index contributed by atoms with van der Waals surface area (Å²) in [6.45, 7) is 1.65. The van der Waals surface area contributed by atoms with Gasteiger partial charge in [0, 0.05) is 4.88 Å². The molecule has 106 valence electrons. The van der Waals surface area contributed by atoms with Gasteiger partial charge in [0.25, 0.3) is 10.0 Å². The molecule has 1 amide bonds. The van der Waals surface area contributed by atoms with Crippen LogP contribution in [0.1, 0.15) is 10.4 Å². The molecule has 7 heteroatoms. The van der Waals surface area contributed by atoms with Crippen LogP contribution in [0.4, 0.5) is 4.79 Å². The third-order valence-electron chi connectivity index (χ3n) is 2.70. The zero-order valence-electron chi connectivity index (χ0n) is 10.7. The first-order valence-electron chi connectivity index (χ1n) is 5.76. The highest BCUT2D eigenvalue weighted by atomic mass is 32.2. The molecule has 0 aliphatic rings. The van der Waals surface area contributed by atoms with E-state index in [1.165, 1.54) is 23.5 Å². The molecule has 0 aliphatic heterocycles. The maximum Gasteiger partial charge on any atom is 0.421 e. The number of benzene rings is 1. The molecule has 0 unspecified atom stereocenters. The van der Waals surface area contributed by atoms with E-state index in [0.29, 0.717) is 9.18 Å². The van der Waals surface area contributed by atoms with E-state index in [0.717, 1.165) is 5.56 Å². The number of sulfonamides is 1. The minimum Gasteiger partial charge on any atom is -0.464 e. The van der Waals surface area contributed by atoms with Gasteiger partial charge in [0.15, 0.2) is 0 Å². The maximum atomic E-state index is 12.4. The second-order valence-electron chi connectivity index (χ2n) is 4.19. The van der Waals surface area contributed by atoms with Crippen LogP contribution in [-0.2, 0) is 16.6 Å². The number of thiophene rings is 1. The SMILES string of the molecule is Cc1ccc(S(=O)(=O)N(Cc2cccs2)C(=O)O)cc1. The van der Waals surface area contributed by atoms with E-state index in [9.17, 15) is 18.3 Å². The van der Waals surface area contributed by atoms with Crippen LogP contribution in [0, 0.1) is 6.92 Å². The number of nitrogens with zero attached hydrogens (tertiary/aromatic N) is 1. The predicted molar refractivity (Wildman–Crippen MR) is 76.3 cm³/mol. The third-order valence-corrected chi connectivity index (χ3v) is 5.30. The van der Waals surface area contributed by atoms with Crippen LogP contribution in [-0.4, -0.2) is 23.9 Å². The molecule has 0 saturated carbocycles. The van der Waals surface area contributed by atoms with E-state index in [4.69, 9.17) is 0 Å².